The standard InChI is InChI=1S/C22H26BrClN2O6/c1-3-31-21(30)14-15-20(29)26(8-5-9-27)18(22(15)10-12(23)17(14)32-22)19(28)25-16-11(2)6-4-7-13(16)24/h4,6-7,12,14-15,17-18,27H,3,5,8-10H2,1-2H3,(H,25,28)/t12?,14-,15+,17-,18?,22?/m1/s1. The summed E-state index contributed by atoms with van der Waals surface area (Å²) in [5.41, 5.74) is 0.0891. The molecule has 2 amide bonds. The largest absolute Gasteiger partial charge is 0.466 e. The van der Waals surface area contributed by atoms with Crippen LogP contribution in [0, 0.1) is 18.8 Å². The zero-order valence-corrected chi connectivity index (χ0v) is 20.2. The summed E-state index contributed by atoms with van der Waals surface area (Å²) >= 11 is 9.90. The number of likely N-dealkylation sites (tertiary alicyclic amines) is 1. The fraction of sp³-hybridized carbons (Fsp3) is 0.591. The van der Waals surface area contributed by atoms with E-state index < -0.39 is 41.5 Å². The summed E-state index contributed by atoms with van der Waals surface area (Å²) in [6.45, 7) is 3.76. The number of alkyl halides is 1. The number of ether oxygens (including phenoxy) is 2. The summed E-state index contributed by atoms with van der Waals surface area (Å²) in [5, 5.41) is 12.6. The number of benzene rings is 1. The van der Waals surface area contributed by atoms with E-state index in [0.717, 1.165) is 5.56 Å². The highest BCUT2D eigenvalue weighted by Gasteiger charge is 2.76. The number of hydrogen-bond donors (Lipinski definition) is 2. The summed E-state index contributed by atoms with van der Waals surface area (Å²) in [6, 6.07) is 4.33. The molecule has 6 atom stereocenters. The van der Waals surface area contributed by atoms with Gasteiger partial charge >= 0.3 is 5.97 Å². The predicted molar refractivity (Wildman–Crippen MR) is 121 cm³/mol. The maximum absolute atomic E-state index is 13.6. The minimum atomic E-state index is -1.16. The highest BCUT2D eigenvalue weighted by molar-refractivity contribution is 9.09. The van der Waals surface area contributed by atoms with Crippen molar-refractivity contribution in [2.24, 2.45) is 11.8 Å². The predicted octanol–water partition coefficient (Wildman–Crippen LogP) is 2.28. The third kappa shape index (κ3) is 3.54. The van der Waals surface area contributed by atoms with Gasteiger partial charge in [0.15, 0.2) is 0 Å². The van der Waals surface area contributed by atoms with Crippen molar-refractivity contribution in [2.45, 2.75) is 49.3 Å². The first kappa shape index (κ1) is 23.5. The van der Waals surface area contributed by atoms with Crippen LogP contribution in [0.4, 0.5) is 5.69 Å². The van der Waals surface area contributed by atoms with E-state index in [4.69, 9.17) is 21.1 Å². The second-order valence-corrected chi connectivity index (χ2v) is 10.0. The lowest BCUT2D eigenvalue weighted by Crippen LogP contribution is -2.54. The van der Waals surface area contributed by atoms with E-state index in [0.29, 0.717) is 23.6 Å². The molecule has 0 aromatic heterocycles. The van der Waals surface area contributed by atoms with Gasteiger partial charge in [-0.2, -0.15) is 0 Å². The van der Waals surface area contributed by atoms with Crippen molar-refractivity contribution in [1.29, 1.82) is 0 Å². The van der Waals surface area contributed by atoms with Gasteiger partial charge in [0.1, 0.15) is 11.6 Å². The fourth-order valence-electron chi connectivity index (χ4n) is 5.40. The van der Waals surface area contributed by atoms with Crippen molar-refractivity contribution in [2.75, 3.05) is 25.1 Å². The Labute approximate surface area is 199 Å². The molecule has 8 nitrogen and oxygen atoms in total. The van der Waals surface area contributed by atoms with E-state index in [1.54, 1.807) is 19.1 Å². The molecule has 4 rings (SSSR count). The number of amides is 2. The average molecular weight is 530 g/mol. The van der Waals surface area contributed by atoms with Crippen molar-refractivity contribution in [1.82, 2.24) is 4.90 Å². The number of nitrogens with zero attached hydrogens (tertiary/aromatic N) is 1. The highest BCUT2D eigenvalue weighted by atomic mass is 79.9. The van der Waals surface area contributed by atoms with Gasteiger partial charge in [-0.15, -0.1) is 0 Å². The normalized spacial score (nSPS) is 32.8. The van der Waals surface area contributed by atoms with E-state index in [9.17, 15) is 19.5 Å². The number of carbonyl (C=O) groups excluding carboxylic acids is 3. The van der Waals surface area contributed by atoms with Crippen molar-refractivity contribution in [3.05, 3.63) is 28.8 Å². The van der Waals surface area contributed by atoms with E-state index in [1.165, 1.54) is 4.90 Å². The molecule has 2 bridgehead atoms. The molecule has 0 saturated carbocycles. The number of aliphatic hydroxyl groups excluding tert-OH is 1. The van der Waals surface area contributed by atoms with Crippen molar-refractivity contribution in [3.8, 4) is 0 Å². The highest BCUT2D eigenvalue weighted by Crippen LogP contribution is 2.60. The number of esters is 1. The van der Waals surface area contributed by atoms with Crippen LogP contribution in [-0.2, 0) is 23.9 Å². The van der Waals surface area contributed by atoms with Gasteiger partial charge in [-0.25, -0.2) is 0 Å². The number of rotatable bonds is 7. The zero-order valence-electron chi connectivity index (χ0n) is 17.8. The Kier molecular flexibility index (Phi) is 6.55. The molecule has 0 radical (unpaired) electrons. The van der Waals surface area contributed by atoms with Crippen LogP contribution >= 0.6 is 27.5 Å². The number of anilines is 1. The maximum Gasteiger partial charge on any atom is 0.312 e. The number of carbonyl (C=O) groups is 3. The summed E-state index contributed by atoms with van der Waals surface area (Å²) in [6.07, 6.45) is 0.147. The van der Waals surface area contributed by atoms with Crippen LogP contribution in [0.15, 0.2) is 18.2 Å². The summed E-state index contributed by atoms with van der Waals surface area (Å²) in [4.78, 5) is 41.2. The summed E-state index contributed by atoms with van der Waals surface area (Å²) in [5.74, 6) is -2.86. The van der Waals surface area contributed by atoms with Gasteiger partial charge < -0.3 is 24.8 Å². The lowest BCUT2D eigenvalue weighted by Gasteiger charge is -2.34. The quantitative estimate of drug-likeness (QED) is 0.415. The van der Waals surface area contributed by atoms with E-state index >= 15 is 0 Å². The van der Waals surface area contributed by atoms with Crippen molar-refractivity contribution in [3.63, 3.8) is 0 Å². The van der Waals surface area contributed by atoms with Crippen LogP contribution in [0.2, 0.25) is 5.02 Å². The van der Waals surface area contributed by atoms with Gasteiger partial charge in [-0.1, -0.05) is 39.7 Å². The molecule has 3 aliphatic heterocycles. The number of aliphatic hydroxyl groups is 1. The summed E-state index contributed by atoms with van der Waals surface area (Å²) in [7, 11) is 0. The van der Waals surface area contributed by atoms with E-state index in [1.807, 2.05) is 13.0 Å². The lowest BCUT2D eigenvalue weighted by atomic mass is 9.70. The molecule has 10 heteroatoms. The molecule has 3 aliphatic rings. The molecule has 0 aliphatic carbocycles. The first-order valence-electron chi connectivity index (χ1n) is 10.7. The molecule has 3 heterocycles. The first-order chi connectivity index (χ1) is 15.3. The molecular formula is C22H26BrClN2O6. The average Bonchev–Trinajstić information content (AvgIpc) is 3.33. The third-order valence-corrected chi connectivity index (χ3v) is 7.78. The van der Waals surface area contributed by atoms with Gasteiger partial charge in [0, 0.05) is 18.0 Å². The number of aryl methyl sites for hydroxylation is 1. The molecule has 1 aromatic carbocycles. The SMILES string of the molecule is CCOC(=O)[C@H]1[C@@H]2OC3(CC2Br)C(C(=O)Nc2c(C)cccc2Cl)N(CCCO)C(=O)[C@H]13. The lowest BCUT2D eigenvalue weighted by molar-refractivity contribution is -0.154. The van der Waals surface area contributed by atoms with Gasteiger partial charge in [-0.05, 0) is 38.3 Å². The Morgan fingerprint density at radius 2 is 2.19 bits per heavy atom. The molecule has 174 valence electrons. The van der Waals surface area contributed by atoms with Crippen molar-refractivity contribution >= 4 is 51.0 Å². The molecule has 3 unspecified atom stereocenters. The number of halogens is 2. The molecule has 3 saturated heterocycles. The molecule has 1 aromatic rings. The molecule has 3 fully saturated rings. The monoisotopic (exact) mass is 528 g/mol. The van der Waals surface area contributed by atoms with Crippen LogP contribution in [0.1, 0.15) is 25.3 Å². The topological polar surface area (TPSA) is 105 Å². The van der Waals surface area contributed by atoms with E-state index in [2.05, 4.69) is 21.2 Å². The molecule has 1 spiro atoms. The Balaban J connectivity index is 1.73. The van der Waals surface area contributed by atoms with E-state index in [-0.39, 0.29) is 30.5 Å². The zero-order chi connectivity index (χ0) is 23.2. The van der Waals surface area contributed by atoms with Crippen LogP contribution in [-0.4, -0.2) is 70.1 Å². The third-order valence-electron chi connectivity index (χ3n) is 6.62. The Morgan fingerprint density at radius 3 is 2.84 bits per heavy atom. The van der Waals surface area contributed by atoms with Crippen molar-refractivity contribution < 1.29 is 29.0 Å². The van der Waals surface area contributed by atoms with Crippen LogP contribution in [0.5, 0.6) is 0 Å². The summed E-state index contributed by atoms with van der Waals surface area (Å²) < 4.78 is 11.6. The van der Waals surface area contributed by atoms with Crippen LogP contribution < -0.4 is 5.32 Å². The molecular weight excluding hydrogens is 504 g/mol. The maximum atomic E-state index is 13.6. The number of fused-ring (bicyclic) bond motifs is 1. The minimum Gasteiger partial charge on any atom is -0.466 e. The number of para-hydroxylation sites is 1. The Bertz CT molecular complexity index is 925. The smallest absolute Gasteiger partial charge is 0.312 e. The van der Waals surface area contributed by atoms with Crippen LogP contribution in [0.3, 0.4) is 0 Å². The van der Waals surface area contributed by atoms with Gasteiger partial charge in [0.25, 0.3) is 0 Å². The minimum absolute atomic E-state index is 0.134. The molecule has 32 heavy (non-hydrogen) atoms. The number of hydrogen-bond acceptors (Lipinski definition) is 6. The Morgan fingerprint density at radius 1 is 1.44 bits per heavy atom. The Hall–Kier alpha value is -1.68. The fourth-order valence-corrected chi connectivity index (χ4v) is 6.61. The second-order valence-electron chi connectivity index (χ2n) is 8.45. The molecule has 2 N–H and O–H groups in total. The van der Waals surface area contributed by atoms with Gasteiger partial charge in [0.2, 0.25) is 11.8 Å². The first-order valence-corrected chi connectivity index (χ1v) is 12.0. The van der Waals surface area contributed by atoms with Crippen LogP contribution in [0.25, 0.3) is 0 Å². The number of nitrogens with one attached hydrogen (secondary N) is 1. The van der Waals surface area contributed by atoms with Gasteiger partial charge in [0.05, 0.1) is 35.3 Å². The van der Waals surface area contributed by atoms with Gasteiger partial charge in [-0.3, -0.25) is 14.4 Å². The second kappa shape index (κ2) is 8.93.